The normalized spacial score (nSPS) is 21.6. The summed E-state index contributed by atoms with van der Waals surface area (Å²) in [5.74, 6) is -1.51. The molecule has 154 valence electrons. The number of unbranched alkanes of at least 4 members (excludes halogenated alkanes) is 1. The second kappa shape index (κ2) is 10.2. The zero-order valence-electron chi connectivity index (χ0n) is 16.2. The summed E-state index contributed by atoms with van der Waals surface area (Å²) in [5.41, 5.74) is -0.322. The Morgan fingerprint density at radius 2 is 2.21 bits per heavy atom. The number of ether oxygens (including phenoxy) is 2. The number of rotatable bonds is 9. The first kappa shape index (κ1) is 22.6. The van der Waals surface area contributed by atoms with Crippen molar-refractivity contribution in [3.8, 4) is 0 Å². The Morgan fingerprint density at radius 3 is 2.82 bits per heavy atom. The molecule has 2 rings (SSSR count). The topological polar surface area (TPSA) is 72.8 Å². The molecule has 0 radical (unpaired) electrons. The maximum absolute atomic E-state index is 13.4. The van der Waals surface area contributed by atoms with E-state index in [4.69, 9.17) is 9.47 Å². The number of halogens is 2. The van der Waals surface area contributed by atoms with Gasteiger partial charge in [0.25, 0.3) is 0 Å². The highest BCUT2D eigenvalue weighted by Crippen LogP contribution is 2.33. The lowest BCUT2D eigenvalue weighted by Crippen LogP contribution is -2.40. The molecule has 0 aliphatic carbocycles. The van der Waals surface area contributed by atoms with Crippen molar-refractivity contribution in [2.24, 2.45) is 5.92 Å². The van der Waals surface area contributed by atoms with Gasteiger partial charge in [-0.3, -0.25) is 4.79 Å². The summed E-state index contributed by atoms with van der Waals surface area (Å²) in [6.45, 7) is 3.34. The molecule has 0 saturated carbocycles. The smallest absolute Gasteiger partial charge is 0.334 e. The highest BCUT2D eigenvalue weighted by Gasteiger charge is 2.44. The maximum Gasteiger partial charge on any atom is 0.334 e. The summed E-state index contributed by atoms with van der Waals surface area (Å²) in [6.07, 6.45) is 5.05. The highest BCUT2D eigenvalue weighted by molar-refractivity contribution is 9.10. The standard InChI is InChI=1S/C21H26BrFO5/c1-3-5-6-15(4-2)19(25)27-13-21(12-24)11-16(20(26)28-21)9-14-7-8-18(23)17(22)10-14/h7-10,15,24H,3-6,11-13H2,1-2H3/b16-9-. The molecular formula is C21H26BrFO5. The van der Waals surface area contributed by atoms with Crippen LogP contribution in [0.5, 0.6) is 0 Å². The molecule has 0 bridgehead atoms. The van der Waals surface area contributed by atoms with Crippen LogP contribution in [-0.2, 0) is 19.1 Å². The molecule has 1 saturated heterocycles. The fraction of sp³-hybridized carbons (Fsp3) is 0.524. The van der Waals surface area contributed by atoms with Crippen LogP contribution in [0, 0.1) is 11.7 Å². The van der Waals surface area contributed by atoms with E-state index in [9.17, 15) is 19.1 Å². The third kappa shape index (κ3) is 5.64. The van der Waals surface area contributed by atoms with Crippen LogP contribution in [0.25, 0.3) is 6.08 Å². The Balaban J connectivity index is 2.07. The number of carbonyl (C=O) groups excluding carboxylic acids is 2. The van der Waals surface area contributed by atoms with Gasteiger partial charge in [0.05, 0.1) is 17.0 Å². The number of hydrogen-bond donors (Lipinski definition) is 1. The van der Waals surface area contributed by atoms with Gasteiger partial charge in [0.2, 0.25) is 0 Å². The predicted molar refractivity (Wildman–Crippen MR) is 107 cm³/mol. The van der Waals surface area contributed by atoms with Gasteiger partial charge in [-0.2, -0.15) is 0 Å². The van der Waals surface area contributed by atoms with Crippen molar-refractivity contribution in [1.82, 2.24) is 0 Å². The van der Waals surface area contributed by atoms with E-state index in [0.717, 1.165) is 19.3 Å². The lowest BCUT2D eigenvalue weighted by atomic mass is 9.97. The SMILES string of the molecule is CCCCC(CC)C(=O)OCC1(CO)C/C(=C/c2ccc(F)c(Br)c2)C(=O)O1. The van der Waals surface area contributed by atoms with Gasteiger partial charge in [0.15, 0.2) is 5.60 Å². The number of hydrogen-bond acceptors (Lipinski definition) is 5. The lowest BCUT2D eigenvalue weighted by molar-refractivity contribution is -0.169. The first-order valence-corrected chi connectivity index (χ1v) is 10.3. The molecule has 7 heteroatoms. The second-order valence-corrected chi connectivity index (χ2v) is 7.96. The minimum atomic E-state index is -1.28. The summed E-state index contributed by atoms with van der Waals surface area (Å²) in [5, 5.41) is 9.80. The molecule has 0 spiro atoms. The molecule has 28 heavy (non-hydrogen) atoms. The summed E-state index contributed by atoms with van der Waals surface area (Å²) >= 11 is 3.11. The molecule has 1 aliphatic heterocycles. The molecule has 1 aromatic carbocycles. The lowest BCUT2D eigenvalue weighted by Gasteiger charge is -2.25. The number of carbonyl (C=O) groups is 2. The first-order chi connectivity index (χ1) is 13.3. The van der Waals surface area contributed by atoms with Gasteiger partial charge < -0.3 is 14.6 Å². The third-order valence-electron chi connectivity index (χ3n) is 4.87. The van der Waals surface area contributed by atoms with Crippen LogP contribution in [-0.4, -0.2) is 35.9 Å². The van der Waals surface area contributed by atoms with Crippen LogP contribution in [0.1, 0.15) is 51.5 Å². The second-order valence-electron chi connectivity index (χ2n) is 7.11. The van der Waals surface area contributed by atoms with E-state index in [0.29, 0.717) is 17.6 Å². The predicted octanol–water partition coefficient (Wildman–Crippen LogP) is 4.41. The molecule has 0 aromatic heterocycles. The van der Waals surface area contributed by atoms with Crippen LogP contribution in [0.2, 0.25) is 0 Å². The van der Waals surface area contributed by atoms with Crippen molar-refractivity contribution in [3.05, 3.63) is 39.6 Å². The fourth-order valence-electron chi connectivity index (χ4n) is 3.10. The minimum Gasteiger partial charge on any atom is -0.461 e. The van der Waals surface area contributed by atoms with Crippen molar-refractivity contribution >= 4 is 33.9 Å². The monoisotopic (exact) mass is 456 g/mol. The van der Waals surface area contributed by atoms with Gasteiger partial charge in [-0.15, -0.1) is 0 Å². The van der Waals surface area contributed by atoms with Crippen molar-refractivity contribution < 1.29 is 28.6 Å². The van der Waals surface area contributed by atoms with Crippen LogP contribution in [0.3, 0.4) is 0 Å². The minimum absolute atomic E-state index is 0.108. The summed E-state index contributed by atoms with van der Waals surface area (Å²) in [7, 11) is 0. The van der Waals surface area contributed by atoms with E-state index in [1.807, 2.05) is 6.92 Å². The Morgan fingerprint density at radius 1 is 1.46 bits per heavy atom. The summed E-state index contributed by atoms with van der Waals surface area (Å²) in [6, 6.07) is 4.38. The third-order valence-corrected chi connectivity index (χ3v) is 5.47. The van der Waals surface area contributed by atoms with Gasteiger partial charge in [0.1, 0.15) is 12.4 Å². The van der Waals surface area contributed by atoms with Crippen LogP contribution in [0.15, 0.2) is 28.2 Å². The number of benzene rings is 1. The van der Waals surface area contributed by atoms with E-state index in [1.54, 1.807) is 18.2 Å². The molecule has 1 aromatic rings. The van der Waals surface area contributed by atoms with Crippen LogP contribution < -0.4 is 0 Å². The Labute approximate surface area is 173 Å². The van der Waals surface area contributed by atoms with E-state index in [2.05, 4.69) is 22.9 Å². The van der Waals surface area contributed by atoms with Crippen LogP contribution >= 0.6 is 15.9 Å². The number of cyclic esters (lactones) is 1. The van der Waals surface area contributed by atoms with Crippen molar-refractivity contribution in [3.63, 3.8) is 0 Å². The molecule has 2 atom stereocenters. The van der Waals surface area contributed by atoms with E-state index < -0.39 is 24.0 Å². The molecule has 2 unspecified atom stereocenters. The summed E-state index contributed by atoms with van der Waals surface area (Å²) < 4.78 is 24.4. The fourth-order valence-corrected chi connectivity index (χ4v) is 3.50. The molecule has 0 amide bonds. The van der Waals surface area contributed by atoms with Gasteiger partial charge in [-0.05, 0) is 52.5 Å². The number of aliphatic hydroxyl groups excluding tert-OH is 1. The molecule has 5 nitrogen and oxygen atoms in total. The average molecular weight is 457 g/mol. The Hall–Kier alpha value is -1.73. The first-order valence-electron chi connectivity index (χ1n) is 9.50. The van der Waals surface area contributed by atoms with Crippen molar-refractivity contribution in [1.29, 1.82) is 0 Å². The van der Waals surface area contributed by atoms with Gasteiger partial charge in [-0.1, -0.05) is 32.8 Å². The van der Waals surface area contributed by atoms with Gasteiger partial charge in [-0.25, -0.2) is 9.18 Å². The average Bonchev–Trinajstić information content (AvgIpc) is 3.00. The van der Waals surface area contributed by atoms with E-state index >= 15 is 0 Å². The quantitative estimate of drug-likeness (QED) is 0.440. The van der Waals surface area contributed by atoms with Crippen LogP contribution in [0.4, 0.5) is 4.39 Å². The zero-order chi connectivity index (χ0) is 20.7. The van der Waals surface area contributed by atoms with E-state index in [1.165, 1.54) is 6.07 Å². The molecular weight excluding hydrogens is 431 g/mol. The maximum atomic E-state index is 13.4. The Kier molecular flexibility index (Phi) is 8.19. The largest absolute Gasteiger partial charge is 0.461 e. The number of aliphatic hydroxyl groups is 1. The number of esters is 2. The molecule has 1 heterocycles. The molecule has 1 aliphatic rings. The highest BCUT2D eigenvalue weighted by atomic mass is 79.9. The van der Waals surface area contributed by atoms with Gasteiger partial charge in [0, 0.05) is 12.0 Å². The zero-order valence-corrected chi connectivity index (χ0v) is 17.8. The Bertz CT molecular complexity index is 748. The van der Waals surface area contributed by atoms with Crippen molar-refractivity contribution in [2.45, 2.75) is 51.6 Å². The molecule has 1 fully saturated rings. The van der Waals surface area contributed by atoms with E-state index in [-0.39, 0.29) is 29.4 Å². The van der Waals surface area contributed by atoms with Crippen molar-refractivity contribution in [2.75, 3.05) is 13.2 Å². The van der Waals surface area contributed by atoms with Gasteiger partial charge >= 0.3 is 11.9 Å². The molecule has 1 N–H and O–H groups in total. The summed E-state index contributed by atoms with van der Waals surface area (Å²) in [4.78, 5) is 24.6.